The summed E-state index contributed by atoms with van der Waals surface area (Å²) in [4.78, 5) is 64.7. The van der Waals surface area contributed by atoms with Crippen molar-refractivity contribution in [1.82, 2.24) is 10.2 Å². The van der Waals surface area contributed by atoms with Gasteiger partial charge in [0.15, 0.2) is 11.4 Å². The molecule has 0 aromatic heterocycles. The number of hydrogen-bond acceptors (Lipinski definition) is 10. The lowest BCUT2D eigenvalue weighted by atomic mass is 9.59. The normalized spacial score (nSPS) is 23.3. The van der Waals surface area contributed by atoms with Crippen LogP contribution in [0, 0.1) is 16.7 Å². The van der Waals surface area contributed by atoms with Gasteiger partial charge >= 0.3 is 0 Å². The average molecular weight is 575 g/mol. The maximum absolute atomic E-state index is 13.7. The van der Waals surface area contributed by atoms with Crippen LogP contribution >= 0.6 is 0 Å². The highest BCUT2D eigenvalue weighted by Crippen LogP contribution is 2.53. The van der Waals surface area contributed by atoms with Crippen LogP contribution in [0.5, 0.6) is 0 Å². The number of nitroso groups, excluding NO2 is 1. The van der Waals surface area contributed by atoms with Gasteiger partial charge in [0.1, 0.15) is 22.8 Å². The van der Waals surface area contributed by atoms with Crippen LogP contribution in [0.4, 0.5) is 5.69 Å². The molecular formula is C30H30N4O8. The van der Waals surface area contributed by atoms with Gasteiger partial charge in [-0.2, -0.15) is 0 Å². The van der Waals surface area contributed by atoms with Crippen LogP contribution in [-0.4, -0.2) is 76.4 Å². The highest BCUT2D eigenvalue weighted by Gasteiger charge is 2.60. The van der Waals surface area contributed by atoms with Crippen molar-refractivity contribution in [3.8, 4) is 11.1 Å². The number of rotatable bonds is 7. The van der Waals surface area contributed by atoms with Crippen molar-refractivity contribution in [1.29, 1.82) is 0 Å². The molecule has 0 radical (unpaired) electrons. The molecule has 3 atom stereocenters. The number of nitrogens with one attached hydrogen (secondary N) is 1. The fourth-order valence-corrected chi connectivity index (χ4v) is 6.29. The Labute approximate surface area is 240 Å². The molecule has 0 heterocycles. The third-order valence-electron chi connectivity index (χ3n) is 8.33. The number of nitrogens with two attached hydrogens (primary N) is 1. The summed E-state index contributed by atoms with van der Waals surface area (Å²) in [6, 6.07) is 9.87. The third kappa shape index (κ3) is 4.48. The first-order valence-electron chi connectivity index (χ1n) is 13.4. The summed E-state index contributed by atoms with van der Waals surface area (Å²) >= 11 is 0. The second kappa shape index (κ2) is 10.6. The van der Waals surface area contributed by atoms with E-state index in [1.165, 1.54) is 6.07 Å². The van der Waals surface area contributed by atoms with Gasteiger partial charge in [0.2, 0.25) is 5.78 Å². The Balaban J connectivity index is 1.61. The Morgan fingerprint density at radius 2 is 1.88 bits per heavy atom. The first-order chi connectivity index (χ1) is 19.9. The molecule has 3 aliphatic carbocycles. The summed E-state index contributed by atoms with van der Waals surface area (Å²) < 4.78 is 0. The lowest BCUT2D eigenvalue weighted by Crippen LogP contribution is -2.58. The van der Waals surface area contributed by atoms with E-state index in [0.717, 1.165) is 0 Å². The quantitative estimate of drug-likeness (QED) is 0.242. The molecule has 42 heavy (non-hydrogen) atoms. The maximum atomic E-state index is 13.7. The van der Waals surface area contributed by atoms with E-state index in [2.05, 4.69) is 10.5 Å². The molecule has 0 saturated heterocycles. The molecule has 1 fully saturated rings. The van der Waals surface area contributed by atoms with E-state index in [4.69, 9.17) is 5.73 Å². The van der Waals surface area contributed by atoms with Crippen molar-refractivity contribution < 1.29 is 34.5 Å². The number of hydrogen-bond donors (Lipinski definition) is 5. The van der Waals surface area contributed by atoms with E-state index in [1.807, 2.05) is 19.0 Å². The number of ketones is 2. The van der Waals surface area contributed by atoms with Crippen LogP contribution in [-0.2, 0) is 20.8 Å². The van der Waals surface area contributed by atoms with Crippen LogP contribution in [0.1, 0.15) is 34.3 Å². The number of amides is 2. The van der Waals surface area contributed by atoms with Crippen LogP contribution in [0.25, 0.3) is 16.9 Å². The predicted molar refractivity (Wildman–Crippen MR) is 151 cm³/mol. The number of fused-ring (bicyclic) bond motifs is 3. The molecule has 0 spiro atoms. The average Bonchev–Trinajstić information content (AvgIpc) is 2.94. The SMILES string of the molecule is CN(C)CCNC(=O)c1cccc(-c2ccc(N=O)c3c2C[C@H]2C[C@H]4CC(=O)C(C(N)=O)=C(O)[C@@]4(O)C(=O)C2=C3O)c1. The van der Waals surface area contributed by atoms with Gasteiger partial charge in [0, 0.05) is 42.1 Å². The standard InChI is InChI=1S/C30H30N4O8/c1-34(2)9-8-32-29(40)15-5-3-4-14(10-15)18-6-7-20(33-42)23-19(18)12-16-11-17-13-21(35)24(28(31)39)27(38)30(17,41)26(37)22(16)25(23)36/h3-7,10,16-17,36,38,41H,8-9,11-13H2,1-2H3,(H2,31,39)(H,32,40)/t16-,17+,30+/m1/s1. The molecular weight excluding hydrogens is 544 g/mol. The number of aliphatic hydroxyl groups excluding tert-OH is 2. The molecule has 12 nitrogen and oxygen atoms in total. The minimum Gasteiger partial charge on any atom is -0.508 e. The topological polar surface area (TPSA) is 200 Å². The van der Waals surface area contributed by atoms with E-state index in [0.29, 0.717) is 35.3 Å². The summed E-state index contributed by atoms with van der Waals surface area (Å²) in [6.45, 7) is 1.11. The molecule has 218 valence electrons. The molecule has 6 N–H and O–H groups in total. The predicted octanol–water partition coefficient (Wildman–Crippen LogP) is 2.07. The van der Waals surface area contributed by atoms with Crippen LogP contribution in [0.3, 0.4) is 0 Å². The van der Waals surface area contributed by atoms with Crippen molar-refractivity contribution in [2.45, 2.75) is 24.9 Å². The molecule has 2 aromatic carbocycles. The molecule has 2 aromatic rings. The number of carbonyl (C=O) groups excluding carboxylic acids is 4. The molecule has 2 amide bonds. The smallest absolute Gasteiger partial charge is 0.255 e. The Morgan fingerprint density at radius 3 is 2.55 bits per heavy atom. The minimum atomic E-state index is -2.64. The molecule has 12 heteroatoms. The van der Waals surface area contributed by atoms with Crippen molar-refractivity contribution >= 4 is 34.8 Å². The molecule has 0 unspecified atom stereocenters. The lowest BCUT2D eigenvalue weighted by Gasteiger charge is -2.46. The van der Waals surface area contributed by atoms with Crippen LogP contribution in [0.2, 0.25) is 0 Å². The first-order valence-corrected chi connectivity index (χ1v) is 13.4. The Morgan fingerprint density at radius 1 is 1.14 bits per heavy atom. The maximum Gasteiger partial charge on any atom is 0.255 e. The molecule has 0 bridgehead atoms. The number of carbonyl (C=O) groups is 4. The highest BCUT2D eigenvalue weighted by molar-refractivity contribution is 6.22. The van der Waals surface area contributed by atoms with E-state index in [1.54, 1.807) is 30.3 Å². The molecule has 5 rings (SSSR count). The minimum absolute atomic E-state index is 0.00420. The van der Waals surface area contributed by atoms with Gasteiger partial charge in [0.25, 0.3) is 11.8 Å². The zero-order valence-corrected chi connectivity index (χ0v) is 23.0. The Hall–Kier alpha value is -4.68. The largest absolute Gasteiger partial charge is 0.508 e. The number of Topliss-reactive ketones (excluding diaryl/α,β-unsaturated/α-hetero) is 2. The summed E-state index contributed by atoms with van der Waals surface area (Å²) in [5, 5.41) is 39.5. The lowest BCUT2D eigenvalue weighted by molar-refractivity contribution is -0.147. The number of likely N-dealkylation sites (N-methyl/N-ethyl adjacent to an activating group) is 1. The van der Waals surface area contributed by atoms with E-state index < -0.39 is 58.4 Å². The number of aliphatic hydroxyl groups is 3. The van der Waals surface area contributed by atoms with Crippen LogP contribution < -0.4 is 11.1 Å². The third-order valence-corrected chi connectivity index (χ3v) is 8.33. The number of primary amides is 1. The molecule has 1 saturated carbocycles. The highest BCUT2D eigenvalue weighted by atomic mass is 16.3. The van der Waals surface area contributed by atoms with Gasteiger partial charge in [-0.25, -0.2) is 0 Å². The zero-order valence-electron chi connectivity index (χ0n) is 23.0. The van der Waals surface area contributed by atoms with Gasteiger partial charge in [-0.05, 0) is 72.9 Å². The Kier molecular flexibility index (Phi) is 7.29. The van der Waals surface area contributed by atoms with Crippen molar-refractivity contribution in [3.63, 3.8) is 0 Å². The fraction of sp³-hybridized carbons (Fsp3) is 0.333. The van der Waals surface area contributed by atoms with Gasteiger partial charge in [-0.15, -0.1) is 4.91 Å². The summed E-state index contributed by atoms with van der Waals surface area (Å²) in [5.74, 6) is -6.90. The Bertz CT molecular complexity index is 1620. The van der Waals surface area contributed by atoms with Crippen molar-refractivity contribution in [2.24, 2.45) is 22.7 Å². The van der Waals surface area contributed by atoms with Crippen LogP contribution in [0.15, 0.2) is 58.5 Å². The van der Waals surface area contributed by atoms with Crippen molar-refractivity contribution in [2.75, 3.05) is 27.2 Å². The monoisotopic (exact) mass is 574 g/mol. The van der Waals surface area contributed by atoms with Gasteiger partial charge in [-0.1, -0.05) is 18.2 Å². The van der Waals surface area contributed by atoms with Gasteiger partial charge in [-0.3, -0.25) is 19.2 Å². The fourth-order valence-electron chi connectivity index (χ4n) is 6.29. The molecule has 0 aliphatic heterocycles. The first kappa shape index (κ1) is 28.8. The van der Waals surface area contributed by atoms with E-state index >= 15 is 0 Å². The second-order valence-corrected chi connectivity index (χ2v) is 11.1. The van der Waals surface area contributed by atoms with Crippen molar-refractivity contribution in [3.05, 3.63) is 74.9 Å². The second-order valence-electron chi connectivity index (χ2n) is 11.1. The van der Waals surface area contributed by atoms with Gasteiger partial charge in [0.05, 0.1) is 0 Å². The summed E-state index contributed by atoms with van der Waals surface area (Å²) in [6.07, 6.45) is -0.266. The molecule has 3 aliphatic rings. The van der Waals surface area contributed by atoms with Gasteiger partial charge < -0.3 is 31.3 Å². The van der Waals surface area contributed by atoms with E-state index in [9.17, 15) is 39.4 Å². The van der Waals surface area contributed by atoms with E-state index in [-0.39, 0.29) is 35.6 Å². The summed E-state index contributed by atoms with van der Waals surface area (Å²) in [7, 11) is 3.79. The number of benzene rings is 2. The number of nitrogens with zero attached hydrogens (tertiary/aromatic N) is 2. The summed E-state index contributed by atoms with van der Waals surface area (Å²) in [5.41, 5.74) is 3.49. The zero-order chi connectivity index (χ0) is 30.5.